The Morgan fingerprint density at radius 3 is 2.36 bits per heavy atom. The molecule has 14 heavy (non-hydrogen) atoms. The Balaban J connectivity index is 0.000000249. The predicted molar refractivity (Wildman–Crippen MR) is 50.6 cm³/mol. The van der Waals surface area contributed by atoms with Crippen LogP contribution in [0, 0.1) is 6.92 Å². The molecule has 1 aromatic heterocycles. The highest BCUT2D eigenvalue weighted by atomic mass is 16.4. The number of aliphatic hydroxyl groups is 1. The summed E-state index contributed by atoms with van der Waals surface area (Å²) < 4.78 is 0. The number of H-pyrrole nitrogens is 1. The number of carboxylic acid groups (broad SMARTS) is 1. The molecule has 0 aromatic carbocycles. The number of aliphatic hydroxyl groups excluding tert-OH is 1. The molecule has 6 heteroatoms. The van der Waals surface area contributed by atoms with Crippen molar-refractivity contribution in [2.24, 2.45) is 5.73 Å². The highest BCUT2D eigenvalue weighted by molar-refractivity contribution is 5.73. The molecule has 0 aliphatic carbocycles. The number of nitrogens with one attached hydrogen (secondary N) is 1. The van der Waals surface area contributed by atoms with Crippen molar-refractivity contribution in [3.05, 3.63) is 18.2 Å². The van der Waals surface area contributed by atoms with E-state index >= 15 is 0 Å². The Bertz CT molecular complexity index is 259. The van der Waals surface area contributed by atoms with Crippen LogP contribution >= 0.6 is 0 Å². The third kappa shape index (κ3) is 5.28. The number of carboxylic acids is 1. The van der Waals surface area contributed by atoms with E-state index in [-0.39, 0.29) is 0 Å². The van der Waals surface area contributed by atoms with Gasteiger partial charge in [-0.15, -0.1) is 0 Å². The van der Waals surface area contributed by atoms with E-state index in [1.54, 1.807) is 12.4 Å². The van der Waals surface area contributed by atoms with Crippen LogP contribution in [0.1, 0.15) is 12.7 Å². The number of imidazole rings is 1. The van der Waals surface area contributed by atoms with Crippen molar-refractivity contribution < 1.29 is 15.0 Å². The lowest BCUT2D eigenvalue weighted by atomic mass is 10.2. The van der Waals surface area contributed by atoms with Crippen LogP contribution in [-0.4, -0.2) is 38.3 Å². The molecule has 2 unspecified atom stereocenters. The number of hydrogen-bond donors (Lipinski definition) is 4. The van der Waals surface area contributed by atoms with E-state index in [2.05, 4.69) is 9.97 Å². The fourth-order valence-electron chi connectivity index (χ4n) is 0.551. The number of hydrogen-bond acceptors (Lipinski definition) is 4. The van der Waals surface area contributed by atoms with Crippen LogP contribution in [0.2, 0.25) is 0 Å². The van der Waals surface area contributed by atoms with Gasteiger partial charge in [0.15, 0.2) is 0 Å². The second-order valence-corrected chi connectivity index (χ2v) is 2.78. The third-order valence-corrected chi connectivity index (χ3v) is 1.44. The number of aliphatic carboxylic acids is 1. The molecule has 6 nitrogen and oxygen atoms in total. The molecule has 0 saturated heterocycles. The molecule has 1 heterocycles. The summed E-state index contributed by atoms with van der Waals surface area (Å²) >= 11 is 0. The zero-order chi connectivity index (χ0) is 11.1. The average molecular weight is 201 g/mol. The summed E-state index contributed by atoms with van der Waals surface area (Å²) in [5, 5.41) is 16.6. The summed E-state index contributed by atoms with van der Waals surface area (Å²) in [6.07, 6.45) is 2.55. The van der Waals surface area contributed by atoms with E-state index in [9.17, 15) is 4.79 Å². The largest absolute Gasteiger partial charge is 0.480 e. The number of aromatic nitrogens is 2. The average Bonchev–Trinajstić information content (AvgIpc) is 2.55. The van der Waals surface area contributed by atoms with Gasteiger partial charge in [-0.2, -0.15) is 0 Å². The molecule has 0 aliphatic heterocycles. The number of nitrogens with two attached hydrogens (primary N) is 1. The lowest BCUT2D eigenvalue weighted by Crippen LogP contribution is -2.39. The SMILES string of the molecule is CC(O)C(N)C(=O)O.Cc1ncc[nH]1. The first kappa shape index (κ1) is 12.6. The second kappa shape index (κ2) is 6.11. The maximum absolute atomic E-state index is 9.86. The highest BCUT2D eigenvalue weighted by Gasteiger charge is 2.16. The van der Waals surface area contributed by atoms with Crippen molar-refractivity contribution in [2.45, 2.75) is 26.0 Å². The van der Waals surface area contributed by atoms with Gasteiger partial charge >= 0.3 is 5.97 Å². The minimum atomic E-state index is -1.18. The van der Waals surface area contributed by atoms with Crippen LogP contribution in [0.3, 0.4) is 0 Å². The van der Waals surface area contributed by atoms with E-state index in [0.29, 0.717) is 0 Å². The maximum atomic E-state index is 9.86. The Hall–Kier alpha value is -1.40. The molecule has 1 aromatic rings. The van der Waals surface area contributed by atoms with Crippen LogP contribution in [-0.2, 0) is 4.79 Å². The lowest BCUT2D eigenvalue weighted by molar-refractivity contribution is -0.140. The molecule has 0 radical (unpaired) electrons. The summed E-state index contributed by atoms with van der Waals surface area (Å²) in [6.45, 7) is 3.25. The molecule has 5 N–H and O–H groups in total. The fraction of sp³-hybridized carbons (Fsp3) is 0.500. The molecule has 0 fully saturated rings. The van der Waals surface area contributed by atoms with Gasteiger partial charge in [0.05, 0.1) is 6.10 Å². The minimum Gasteiger partial charge on any atom is -0.480 e. The van der Waals surface area contributed by atoms with Crippen LogP contribution in [0.5, 0.6) is 0 Å². The standard InChI is InChI=1S/C4H6N2.C4H9NO3/c1-4-5-2-3-6-4;1-2(6)3(5)4(7)8/h2-3H,1H3,(H,5,6);2-3,6H,5H2,1H3,(H,7,8). The van der Waals surface area contributed by atoms with E-state index in [0.717, 1.165) is 5.82 Å². The number of aryl methyl sites for hydroxylation is 1. The normalized spacial score (nSPS) is 13.7. The Morgan fingerprint density at radius 1 is 1.71 bits per heavy atom. The molecule has 1 rings (SSSR count). The van der Waals surface area contributed by atoms with Gasteiger partial charge in [0, 0.05) is 12.4 Å². The van der Waals surface area contributed by atoms with E-state index in [1.165, 1.54) is 6.92 Å². The summed E-state index contributed by atoms with van der Waals surface area (Å²) in [7, 11) is 0. The fourth-order valence-corrected chi connectivity index (χ4v) is 0.551. The maximum Gasteiger partial charge on any atom is 0.323 e. The molecule has 0 saturated carbocycles. The van der Waals surface area contributed by atoms with Gasteiger partial charge in [0.25, 0.3) is 0 Å². The van der Waals surface area contributed by atoms with Crippen LogP contribution in [0.15, 0.2) is 12.4 Å². The molecule has 0 spiro atoms. The first-order valence-electron chi connectivity index (χ1n) is 4.07. The topological polar surface area (TPSA) is 112 Å². The van der Waals surface area contributed by atoms with Gasteiger partial charge in [-0.25, -0.2) is 4.98 Å². The van der Waals surface area contributed by atoms with E-state index in [4.69, 9.17) is 15.9 Å². The minimum absolute atomic E-state index is 0.968. The highest BCUT2D eigenvalue weighted by Crippen LogP contribution is 1.85. The summed E-state index contributed by atoms with van der Waals surface area (Å²) in [5.41, 5.74) is 4.91. The van der Waals surface area contributed by atoms with Crippen LogP contribution < -0.4 is 5.73 Å². The van der Waals surface area contributed by atoms with Gasteiger partial charge in [-0.3, -0.25) is 4.79 Å². The van der Waals surface area contributed by atoms with Crippen molar-refractivity contribution in [3.8, 4) is 0 Å². The Kier molecular flexibility index (Phi) is 5.50. The molecule has 80 valence electrons. The zero-order valence-corrected chi connectivity index (χ0v) is 8.14. The lowest BCUT2D eigenvalue weighted by Gasteiger charge is -2.06. The molecule has 2 atom stereocenters. The number of rotatable bonds is 2. The molecule has 0 bridgehead atoms. The van der Waals surface area contributed by atoms with Gasteiger partial charge in [0.1, 0.15) is 11.9 Å². The smallest absolute Gasteiger partial charge is 0.323 e. The Labute approximate surface area is 81.8 Å². The van der Waals surface area contributed by atoms with Crippen LogP contribution in [0.25, 0.3) is 0 Å². The molecule has 0 amide bonds. The zero-order valence-electron chi connectivity index (χ0n) is 8.14. The number of carbonyl (C=O) groups is 1. The predicted octanol–water partition coefficient (Wildman–Crippen LogP) is -0.503. The first-order valence-corrected chi connectivity index (χ1v) is 4.07. The third-order valence-electron chi connectivity index (χ3n) is 1.44. The van der Waals surface area contributed by atoms with Crippen molar-refractivity contribution in [1.82, 2.24) is 9.97 Å². The first-order chi connectivity index (χ1) is 6.45. The summed E-state index contributed by atoms with van der Waals surface area (Å²) in [5.74, 6) is -0.213. The van der Waals surface area contributed by atoms with Crippen molar-refractivity contribution in [2.75, 3.05) is 0 Å². The summed E-state index contributed by atoms with van der Waals surface area (Å²) in [6, 6.07) is -1.16. The van der Waals surface area contributed by atoms with Gasteiger partial charge < -0.3 is 20.9 Å². The number of nitrogens with zero attached hydrogens (tertiary/aromatic N) is 1. The van der Waals surface area contributed by atoms with Crippen molar-refractivity contribution in [1.29, 1.82) is 0 Å². The van der Waals surface area contributed by atoms with Crippen molar-refractivity contribution >= 4 is 5.97 Å². The summed E-state index contributed by atoms with van der Waals surface area (Å²) in [4.78, 5) is 16.6. The quantitative estimate of drug-likeness (QED) is 0.515. The van der Waals surface area contributed by atoms with Gasteiger partial charge in [-0.05, 0) is 13.8 Å². The second-order valence-electron chi connectivity index (χ2n) is 2.78. The number of aromatic amines is 1. The Morgan fingerprint density at radius 2 is 2.29 bits per heavy atom. The van der Waals surface area contributed by atoms with E-state index in [1.807, 2.05) is 6.92 Å². The van der Waals surface area contributed by atoms with Crippen molar-refractivity contribution in [3.63, 3.8) is 0 Å². The van der Waals surface area contributed by atoms with Gasteiger partial charge in [0.2, 0.25) is 0 Å². The molecular formula is C8H15N3O3. The molecule has 0 aliphatic rings. The molecular weight excluding hydrogens is 186 g/mol. The van der Waals surface area contributed by atoms with Gasteiger partial charge in [-0.1, -0.05) is 0 Å². The monoisotopic (exact) mass is 201 g/mol. The van der Waals surface area contributed by atoms with Crippen LogP contribution in [0.4, 0.5) is 0 Å². The van der Waals surface area contributed by atoms with E-state index < -0.39 is 18.1 Å².